The van der Waals surface area contributed by atoms with Crippen molar-refractivity contribution in [3.05, 3.63) is 62.0 Å². The molecule has 5 heteroatoms. The van der Waals surface area contributed by atoms with Gasteiger partial charge in [-0.1, -0.05) is 47.5 Å². The summed E-state index contributed by atoms with van der Waals surface area (Å²) in [6.07, 6.45) is 2.39. The van der Waals surface area contributed by atoms with Gasteiger partial charge in [-0.2, -0.15) is 5.10 Å². The van der Waals surface area contributed by atoms with Gasteiger partial charge in [0.05, 0.1) is 17.8 Å². The molecule has 0 saturated carbocycles. The van der Waals surface area contributed by atoms with Crippen LogP contribution in [0, 0.1) is 0 Å². The molecule has 1 aliphatic rings. The Balaban J connectivity index is 1.88. The van der Waals surface area contributed by atoms with E-state index in [1.54, 1.807) is 0 Å². The zero-order valence-corrected chi connectivity index (χ0v) is 10.9. The molecule has 1 heterocycles. The molecule has 1 aromatic heterocycles. The first-order valence-electron chi connectivity index (χ1n) is 5.65. The van der Waals surface area contributed by atoms with Crippen LogP contribution in [-0.4, -0.2) is 9.78 Å². The molecule has 0 N–H and O–H groups in total. The van der Waals surface area contributed by atoms with E-state index < -0.39 is 0 Å². The van der Waals surface area contributed by atoms with Crippen molar-refractivity contribution in [3.63, 3.8) is 0 Å². The predicted octanol–water partition coefficient (Wildman–Crippen LogP) is 2.89. The maximum Gasteiger partial charge on any atom is 0.287 e. The monoisotopic (exact) mass is 280 g/mol. The Hall–Kier alpha value is -1.32. The van der Waals surface area contributed by atoms with Gasteiger partial charge < -0.3 is 0 Å². The summed E-state index contributed by atoms with van der Waals surface area (Å²) in [6.45, 7) is 0.548. The van der Waals surface area contributed by atoms with Crippen LogP contribution in [0.2, 0.25) is 10.0 Å². The molecule has 0 spiro atoms. The summed E-state index contributed by atoms with van der Waals surface area (Å²) < 4.78 is 1.38. The molecule has 18 heavy (non-hydrogen) atoms. The van der Waals surface area contributed by atoms with Crippen molar-refractivity contribution in [3.8, 4) is 0 Å². The van der Waals surface area contributed by atoms with Crippen LogP contribution in [0.15, 0.2) is 35.3 Å². The molecule has 92 valence electrons. The summed E-state index contributed by atoms with van der Waals surface area (Å²) in [4.78, 5) is 11.9. The molecule has 0 fully saturated rings. The minimum atomic E-state index is -0.325. The standard InChI is InChI=1S/C13H10Cl2N2O/c14-11-6-16-17(13(18)12(11)15)7-9-5-8-3-1-2-4-10(8)9/h1-4,6,9H,5,7H2. The van der Waals surface area contributed by atoms with Crippen LogP contribution in [0.1, 0.15) is 17.0 Å². The topological polar surface area (TPSA) is 34.9 Å². The van der Waals surface area contributed by atoms with Crippen molar-refractivity contribution in [1.82, 2.24) is 9.78 Å². The highest BCUT2D eigenvalue weighted by Crippen LogP contribution is 2.35. The van der Waals surface area contributed by atoms with E-state index in [0.717, 1.165) is 6.42 Å². The van der Waals surface area contributed by atoms with E-state index in [2.05, 4.69) is 17.2 Å². The first-order chi connectivity index (χ1) is 8.66. The molecule has 3 nitrogen and oxygen atoms in total. The van der Waals surface area contributed by atoms with Gasteiger partial charge >= 0.3 is 0 Å². The Morgan fingerprint density at radius 2 is 2.11 bits per heavy atom. The maximum atomic E-state index is 11.9. The van der Waals surface area contributed by atoms with Gasteiger partial charge in [-0.15, -0.1) is 0 Å². The lowest BCUT2D eigenvalue weighted by Crippen LogP contribution is -2.30. The van der Waals surface area contributed by atoms with Gasteiger partial charge in [0.25, 0.3) is 5.56 Å². The van der Waals surface area contributed by atoms with E-state index in [9.17, 15) is 4.79 Å². The van der Waals surface area contributed by atoms with Crippen LogP contribution < -0.4 is 5.56 Å². The quantitative estimate of drug-likeness (QED) is 0.848. The van der Waals surface area contributed by atoms with Gasteiger partial charge in [-0.3, -0.25) is 4.79 Å². The SMILES string of the molecule is O=c1c(Cl)c(Cl)cnn1CC1Cc2ccccc21. The molecule has 0 radical (unpaired) electrons. The molecule has 1 aliphatic carbocycles. The Morgan fingerprint density at radius 3 is 2.89 bits per heavy atom. The molecule has 1 unspecified atom stereocenters. The third kappa shape index (κ3) is 1.84. The highest BCUT2D eigenvalue weighted by atomic mass is 35.5. The summed E-state index contributed by atoms with van der Waals surface area (Å²) in [6, 6.07) is 8.23. The summed E-state index contributed by atoms with van der Waals surface area (Å²) in [5.41, 5.74) is 2.31. The van der Waals surface area contributed by atoms with Crippen LogP contribution in [0.3, 0.4) is 0 Å². The number of nitrogens with zero attached hydrogens (tertiary/aromatic N) is 2. The molecular weight excluding hydrogens is 271 g/mol. The Labute approximate surface area is 114 Å². The van der Waals surface area contributed by atoms with E-state index >= 15 is 0 Å². The number of aromatic nitrogens is 2. The number of halogens is 2. The van der Waals surface area contributed by atoms with Crippen molar-refractivity contribution in [2.24, 2.45) is 0 Å². The first-order valence-corrected chi connectivity index (χ1v) is 6.41. The number of fused-ring (bicyclic) bond motifs is 1. The van der Waals surface area contributed by atoms with Crippen molar-refractivity contribution in [1.29, 1.82) is 0 Å². The second kappa shape index (κ2) is 4.41. The molecule has 3 rings (SSSR count). The molecule has 0 amide bonds. The highest BCUT2D eigenvalue weighted by Gasteiger charge is 2.26. The van der Waals surface area contributed by atoms with Gasteiger partial charge in [-0.05, 0) is 17.5 Å². The third-order valence-corrected chi connectivity index (χ3v) is 4.05. The fourth-order valence-corrected chi connectivity index (χ4v) is 2.58. The summed E-state index contributed by atoms with van der Waals surface area (Å²) in [5.74, 6) is 0.337. The highest BCUT2D eigenvalue weighted by molar-refractivity contribution is 6.41. The van der Waals surface area contributed by atoms with Crippen molar-refractivity contribution in [2.45, 2.75) is 18.9 Å². The van der Waals surface area contributed by atoms with E-state index in [1.807, 2.05) is 12.1 Å². The Bertz CT molecular complexity index is 666. The number of hydrogen-bond donors (Lipinski definition) is 0. The molecule has 0 bridgehead atoms. The molecule has 2 aromatic rings. The molecular formula is C13H10Cl2N2O. The Kier molecular flexibility index (Phi) is 2.88. The summed E-state index contributed by atoms with van der Waals surface area (Å²) in [5, 5.41) is 4.26. The third-order valence-electron chi connectivity index (χ3n) is 3.30. The van der Waals surface area contributed by atoms with Crippen LogP contribution in [0.4, 0.5) is 0 Å². The molecule has 0 aliphatic heterocycles. The number of rotatable bonds is 2. The zero-order chi connectivity index (χ0) is 12.7. The van der Waals surface area contributed by atoms with Gasteiger partial charge in [0, 0.05) is 5.92 Å². The normalized spacial score (nSPS) is 17.1. The minimum absolute atomic E-state index is 0.0410. The minimum Gasteiger partial charge on any atom is -0.266 e. The largest absolute Gasteiger partial charge is 0.287 e. The summed E-state index contributed by atoms with van der Waals surface area (Å²) in [7, 11) is 0. The lowest BCUT2D eigenvalue weighted by molar-refractivity contribution is 0.458. The summed E-state index contributed by atoms with van der Waals surface area (Å²) >= 11 is 11.6. The number of hydrogen-bond acceptors (Lipinski definition) is 2. The number of benzene rings is 1. The van der Waals surface area contributed by atoms with Crippen molar-refractivity contribution >= 4 is 23.2 Å². The van der Waals surface area contributed by atoms with E-state index in [1.165, 1.54) is 22.0 Å². The van der Waals surface area contributed by atoms with Gasteiger partial charge in [0.15, 0.2) is 0 Å². The van der Waals surface area contributed by atoms with Crippen LogP contribution in [0.5, 0.6) is 0 Å². The van der Waals surface area contributed by atoms with Gasteiger partial charge in [0.1, 0.15) is 5.02 Å². The van der Waals surface area contributed by atoms with Crippen LogP contribution in [0.25, 0.3) is 0 Å². The van der Waals surface area contributed by atoms with E-state index in [0.29, 0.717) is 12.5 Å². The fraction of sp³-hybridized carbons (Fsp3) is 0.231. The van der Waals surface area contributed by atoms with Crippen molar-refractivity contribution in [2.75, 3.05) is 0 Å². The second-order valence-corrected chi connectivity index (χ2v) is 5.18. The lowest BCUT2D eigenvalue weighted by atomic mass is 9.78. The first kappa shape index (κ1) is 11.8. The average molecular weight is 281 g/mol. The van der Waals surface area contributed by atoms with Crippen LogP contribution in [-0.2, 0) is 13.0 Å². The van der Waals surface area contributed by atoms with Gasteiger partial charge in [0.2, 0.25) is 0 Å². The molecule has 0 saturated heterocycles. The Morgan fingerprint density at radius 1 is 1.33 bits per heavy atom. The molecule has 1 atom stereocenters. The lowest BCUT2D eigenvalue weighted by Gasteiger charge is -2.30. The van der Waals surface area contributed by atoms with Gasteiger partial charge in [-0.25, -0.2) is 4.68 Å². The zero-order valence-electron chi connectivity index (χ0n) is 9.44. The van der Waals surface area contributed by atoms with E-state index in [4.69, 9.17) is 23.2 Å². The fourth-order valence-electron chi connectivity index (χ4n) is 2.31. The van der Waals surface area contributed by atoms with Crippen LogP contribution >= 0.6 is 23.2 Å². The smallest absolute Gasteiger partial charge is 0.266 e. The predicted molar refractivity (Wildman–Crippen MR) is 71.4 cm³/mol. The second-order valence-electron chi connectivity index (χ2n) is 4.39. The average Bonchev–Trinajstić information content (AvgIpc) is 2.35. The molecule has 1 aromatic carbocycles. The van der Waals surface area contributed by atoms with Crippen molar-refractivity contribution < 1.29 is 0 Å². The maximum absolute atomic E-state index is 11.9. The van der Waals surface area contributed by atoms with E-state index in [-0.39, 0.29) is 15.6 Å².